The molecule has 0 amide bonds. The largest absolute Gasteiger partial charge is 0.305 e. The summed E-state index contributed by atoms with van der Waals surface area (Å²) in [7, 11) is 0. The van der Waals surface area contributed by atoms with Crippen LogP contribution in [0.5, 0.6) is 0 Å². The predicted octanol–water partition coefficient (Wildman–Crippen LogP) is 3.74. The molecule has 1 saturated heterocycles. The number of thiazole rings is 1. The van der Waals surface area contributed by atoms with Crippen LogP contribution in [0.25, 0.3) is 0 Å². The number of nitrogens with one attached hydrogen (secondary N) is 1. The summed E-state index contributed by atoms with van der Waals surface area (Å²) in [5.74, 6) is 1.31. The van der Waals surface area contributed by atoms with E-state index in [1.54, 1.807) is 4.88 Å². The molecule has 2 heterocycles. The Kier molecular flexibility index (Phi) is 4.20. The van der Waals surface area contributed by atoms with Gasteiger partial charge in [-0.05, 0) is 50.8 Å². The fraction of sp³-hybridized carbons (Fsp3) is 0.800. The Bertz CT molecular complexity index is 422. The van der Waals surface area contributed by atoms with Crippen LogP contribution in [0.3, 0.4) is 0 Å². The van der Waals surface area contributed by atoms with Crippen molar-refractivity contribution in [1.29, 1.82) is 0 Å². The van der Waals surface area contributed by atoms with Gasteiger partial charge in [0.2, 0.25) is 0 Å². The Morgan fingerprint density at radius 3 is 3.00 bits per heavy atom. The maximum Gasteiger partial charge on any atom is 0.114 e. The molecule has 4 heteroatoms. The van der Waals surface area contributed by atoms with Gasteiger partial charge in [-0.1, -0.05) is 13.8 Å². The van der Waals surface area contributed by atoms with E-state index in [4.69, 9.17) is 4.98 Å². The average molecular weight is 297 g/mol. The summed E-state index contributed by atoms with van der Waals surface area (Å²) < 4.78 is 0. The summed E-state index contributed by atoms with van der Waals surface area (Å²) in [6.45, 7) is 5.75. The van der Waals surface area contributed by atoms with Crippen molar-refractivity contribution < 1.29 is 0 Å². The lowest BCUT2D eigenvalue weighted by atomic mass is 9.90. The van der Waals surface area contributed by atoms with Crippen molar-refractivity contribution in [2.45, 2.75) is 63.2 Å². The van der Waals surface area contributed by atoms with Gasteiger partial charge in [0.25, 0.3) is 0 Å². The topological polar surface area (TPSA) is 24.9 Å². The zero-order chi connectivity index (χ0) is 13.3. The van der Waals surface area contributed by atoms with E-state index in [2.05, 4.69) is 30.9 Å². The molecule has 2 atom stereocenters. The second-order valence-corrected chi connectivity index (χ2v) is 8.29. The Morgan fingerprint density at radius 2 is 2.26 bits per heavy atom. The molecule has 0 radical (unpaired) electrons. The van der Waals surface area contributed by atoms with Gasteiger partial charge in [0.05, 0.1) is 11.2 Å². The smallest absolute Gasteiger partial charge is 0.114 e. The molecule has 0 saturated carbocycles. The average Bonchev–Trinajstić information content (AvgIpc) is 2.99. The molecular weight excluding hydrogens is 272 g/mol. The molecule has 0 bridgehead atoms. The molecule has 1 aliphatic heterocycles. The first-order valence-electron chi connectivity index (χ1n) is 7.62. The van der Waals surface area contributed by atoms with Crippen molar-refractivity contribution in [2.24, 2.45) is 0 Å². The fourth-order valence-corrected chi connectivity index (χ4v) is 6.05. The summed E-state index contributed by atoms with van der Waals surface area (Å²) >= 11 is 4.11. The van der Waals surface area contributed by atoms with Gasteiger partial charge in [-0.3, -0.25) is 0 Å². The van der Waals surface area contributed by atoms with Crippen molar-refractivity contribution in [2.75, 3.05) is 12.3 Å². The first kappa shape index (κ1) is 13.9. The van der Waals surface area contributed by atoms with Gasteiger partial charge in [-0.25, -0.2) is 4.98 Å². The van der Waals surface area contributed by atoms with E-state index < -0.39 is 0 Å². The Hall–Kier alpha value is -0.0600. The zero-order valence-electron chi connectivity index (χ0n) is 12.0. The van der Waals surface area contributed by atoms with Crippen LogP contribution >= 0.6 is 23.1 Å². The lowest BCUT2D eigenvalue weighted by Crippen LogP contribution is -2.51. The lowest BCUT2D eigenvalue weighted by Gasteiger charge is -2.41. The van der Waals surface area contributed by atoms with Gasteiger partial charge in [0.1, 0.15) is 5.01 Å². The van der Waals surface area contributed by atoms with E-state index >= 15 is 0 Å². The standard InChI is InChI=1S/C15H24N2S2/c1-3-9-16-15(8-5-10-18-11(15)2)14-17-12-6-4-7-13(12)19-14/h11,16H,3-10H2,1-2H3. The van der Waals surface area contributed by atoms with E-state index in [1.165, 1.54) is 55.0 Å². The van der Waals surface area contributed by atoms with Crippen molar-refractivity contribution >= 4 is 23.1 Å². The van der Waals surface area contributed by atoms with E-state index in [1.807, 2.05) is 11.3 Å². The Labute approximate surface area is 124 Å². The second kappa shape index (κ2) is 5.74. The van der Waals surface area contributed by atoms with Gasteiger partial charge in [-0.15, -0.1) is 11.3 Å². The fourth-order valence-electron chi connectivity index (χ4n) is 3.27. The van der Waals surface area contributed by atoms with Crippen molar-refractivity contribution in [1.82, 2.24) is 10.3 Å². The summed E-state index contributed by atoms with van der Waals surface area (Å²) in [5.41, 5.74) is 1.55. The van der Waals surface area contributed by atoms with Gasteiger partial charge >= 0.3 is 0 Å². The monoisotopic (exact) mass is 296 g/mol. The van der Waals surface area contributed by atoms with Crippen LogP contribution < -0.4 is 5.32 Å². The number of aromatic nitrogens is 1. The molecule has 1 aromatic rings. The van der Waals surface area contributed by atoms with Crippen molar-refractivity contribution in [3.05, 3.63) is 15.6 Å². The highest BCUT2D eigenvalue weighted by atomic mass is 32.2. The minimum absolute atomic E-state index is 0.147. The number of fused-ring (bicyclic) bond motifs is 1. The zero-order valence-corrected chi connectivity index (χ0v) is 13.6. The number of hydrogen-bond acceptors (Lipinski definition) is 4. The van der Waals surface area contributed by atoms with Crippen LogP contribution in [-0.2, 0) is 18.4 Å². The third kappa shape index (κ3) is 2.47. The lowest BCUT2D eigenvalue weighted by molar-refractivity contribution is 0.295. The molecule has 1 aromatic heterocycles. The molecular formula is C15H24N2S2. The van der Waals surface area contributed by atoms with Crippen molar-refractivity contribution in [3.8, 4) is 0 Å². The molecule has 1 N–H and O–H groups in total. The van der Waals surface area contributed by atoms with Gasteiger partial charge in [-0.2, -0.15) is 11.8 Å². The molecule has 0 spiro atoms. The molecule has 0 aromatic carbocycles. The van der Waals surface area contributed by atoms with Crippen LogP contribution in [0.15, 0.2) is 0 Å². The van der Waals surface area contributed by atoms with Gasteiger partial charge in [0, 0.05) is 10.1 Å². The molecule has 106 valence electrons. The summed E-state index contributed by atoms with van der Waals surface area (Å²) in [5, 5.41) is 5.88. The predicted molar refractivity (Wildman–Crippen MR) is 85.3 cm³/mol. The molecule has 3 rings (SSSR count). The minimum atomic E-state index is 0.147. The van der Waals surface area contributed by atoms with Crippen molar-refractivity contribution in [3.63, 3.8) is 0 Å². The first-order chi connectivity index (χ1) is 9.26. The van der Waals surface area contributed by atoms with E-state index in [0.717, 1.165) is 6.54 Å². The quantitative estimate of drug-likeness (QED) is 0.916. The summed E-state index contributed by atoms with van der Waals surface area (Å²) in [4.78, 5) is 6.60. The number of hydrogen-bond donors (Lipinski definition) is 1. The molecule has 2 nitrogen and oxygen atoms in total. The molecule has 2 aliphatic rings. The summed E-state index contributed by atoms with van der Waals surface area (Å²) in [6.07, 6.45) is 7.55. The van der Waals surface area contributed by atoms with Crippen LogP contribution in [-0.4, -0.2) is 22.5 Å². The van der Waals surface area contributed by atoms with E-state index in [-0.39, 0.29) is 5.54 Å². The number of aryl methyl sites for hydroxylation is 2. The van der Waals surface area contributed by atoms with Crippen LogP contribution in [0.1, 0.15) is 55.1 Å². The first-order valence-corrected chi connectivity index (χ1v) is 9.48. The van der Waals surface area contributed by atoms with Crippen LogP contribution in [0.4, 0.5) is 0 Å². The SMILES string of the molecule is CCCNC1(c2nc3c(s2)CCC3)CCCSC1C. The van der Waals surface area contributed by atoms with Crippen LogP contribution in [0.2, 0.25) is 0 Å². The Balaban J connectivity index is 1.92. The third-order valence-electron chi connectivity index (χ3n) is 4.45. The maximum atomic E-state index is 5.03. The third-order valence-corrected chi connectivity index (χ3v) is 7.21. The van der Waals surface area contributed by atoms with Crippen LogP contribution in [0, 0.1) is 0 Å². The molecule has 19 heavy (non-hydrogen) atoms. The highest BCUT2D eigenvalue weighted by molar-refractivity contribution is 8.00. The van der Waals surface area contributed by atoms with Gasteiger partial charge in [0.15, 0.2) is 0 Å². The maximum absolute atomic E-state index is 5.03. The normalized spacial score (nSPS) is 30.5. The molecule has 1 aliphatic carbocycles. The minimum Gasteiger partial charge on any atom is -0.305 e. The number of nitrogens with zero attached hydrogens (tertiary/aromatic N) is 1. The number of rotatable bonds is 4. The highest BCUT2D eigenvalue weighted by Crippen LogP contribution is 2.44. The second-order valence-electron chi connectivity index (χ2n) is 5.76. The van der Waals surface area contributed by atoms with Gasteiger partial charge < -0.3 is 5.32 Å². The Morgan fingerprint density at radius 1 is 1.37 bits per heavy atom. The van der Waals surface area contributed by atoms with E-state index in [0.29, 0.717) is 5.25 Å². The highest BCUT2D eigenvalue weighted by Gasteiger charge is 2.43. The van der Waals surface area contributed by atoms with E-state index in [9.17, 15) is 0 Å². The summed E-state index contributed by atoms with van der Waals surface area (Å²) in [6, 6.07) is 0. The molecule has 2 unspecified atom stereocenters. The molecule has 1 fully saturated rings. The number of thioether (sulfide) groups is 1.